The van der Waals surface area contributed by atoms with E-state index in [0.29, 0.717) is 0 Å². The smallest absolute Gasteiger partial charge is 0.124 e. The molecule has 0 saturated carbocycles. The second kappa shape index (κ2) is 29.8. The van der Waals surface area contributed by atoms with Crippen molar-refractivity contribution in [2.24, 2.45) is 0 Å². The maximum Gasteiger partial charge on any atom is 0.124 e. The van der Waals surface area contributed by atoms with Crippen molar-refractivity contribution in [3.63, 3.8) is 0 Å². The van der Waals surface area contributed by atoms with Crippen molar-refractivity contribution in [1.82, 2.24) is 29.1 Å². The number of hydrogen-bond acceptors (Lipinski definition) is 5. The van der Waals surface area contributed by atoms with Crippen LogP contribution in [0.4, 0.5) is 0 Å². The van der Waals surface area contributed by atoms with Crippen LogP contribution < -0.4 is 0 Å². The minimum Gasteiger partial charge on any atom is -0.309 e. The molecule has 0 amide bonds. The molecule has 0 radical (unpaired) electrons. The number of pyridine rings is 3. The molecule has 0 aliphatic heterocycles. The highest BCUT2D eigenvalue weighted by Gasteiger charge is 2.37. The van der Waals surface area contributed by atoms with Gasteiger partial charge in [-0.25, -0.2) is 9.97 Å². The molecule has 25 rings (SSSR count). The Morgan fingerprint density at radius 2 is 0.682 bits per heavy atom. The first-order valence-corrected chi connectivity index (χ1v) is 45.2. The molecule has 0 fully saturated rings. The zero-order chi connectivity index (χ0) is 85.7. The Kier molecular flexibility index (Phi) is 17.4. The third-order valence-corrected chi connectivity index (χ3v) is 28.6. The second-order valence-corrected chi connectivity index (χ2v) is 36.6. The van der Waals surface area contributed by atoms with Crippen LogP contribution in [-0.4, -0.2) is 29.1 Å². The first-order chi connectivity index (χ1) is 63.4. The average Bonchev–Trinajstić information content (AvgIpc) is 1.58. The van der Waals surface area contributed by atoms with Crippen molar-refractivity contribution >= 4 is 75.9 Å². The minimum atomic E-state index is -0.156. The summed E-state index contributed by atoms with van der Waals surface area (Å²) >= 11 is 1.74. The Bertz CT molecular complexity index is 8470. The summed E-state index contributed by atoms with van der Waals surface area (Å²) in [6.07, 6.45) is 3.64. The predicted octanol–water partition coefficient (Wildman–Crippen LogP) is 32.4. The normalized spacial score (nSPS) is 12.9. The summed E-state index contributed by atoms with van der Waals surface area (Å²) in [6, 6.07) is 153. The maximum atomic E-state index is 5.50. The maximum absolute atomic E-state index is 5.50. The number of thiazole rings is 1. The molecule has 6 aromatic heterocycles. The molecule has 606 valence electrons. The Morgan fingerprint density at radius 1 is 0.225 bits per heavy atom. The van der Waals surface area contributed by atoms with Crippen LogP contribution in [0.25, 0.3) is 232 Å². The lowest BCUT2D eigenvalue weighted by Crippen LogP contribution is -2.14. The number of nitrogens with zero attached hydrogens (tertiary/aromatic N) is 6. The molecule has 6 heterocycles. The first kappa shape index (κ1) is 75.5. The molecule has 0 atom stereocenters. The van der Waals surface area contributed by atoms with Crippen LogP contribution in [0.2, 0.25) is 0 Å². The molecule has 23 aromatic rings. The summed E-state index contributed by atoms with van der Waals surface area (Å²) in [6.45, 7) is 9.46. The summed E-state index contributed by atoms with van der Waals surface area (Å²) in [7, 11) is 0. The molecule has 6 nitrogen and oxygen atoms in total. The fraction of sp³-hybridized carbons (Fsp3) is 0.0492. The highest BCUT2D eigenvalue weighted by molar-refractivity contribution is 7.21. The first-order valence-electron chi connectivity index (χ1n) is 44.4. The van der Waals surface area contributed by atoms with E-state index in [9.17, 15) is 0 Å². The van der Waals surface area contributed by atoms with E-state index in [1.165, 1.54) is 116 Å². The summed E-state index contributed by atoms with van der Waals surface area (Å²) < 4.78 is 6.12. The lowest BCUT2D eigenvalue weighted by Gasteiger charge is -2.22. The van der Waals surface area contributed by atoms with E-state index in [1.807, 2.05) is 48.8 Å². The van der Waals surface area contributed by atoms with E-state index in [1.54, 1.807) is 11.3 Å². The number of rotatable bonds is 14. The average molecular weight is 1660 g/mol. The van der Waals surface area contributed by atoms with Crippen molar-refractivity contribution in [2.45, 2.75) is 38.5 Å². The quantitative estimate of drug-likeness (QED) is 0.109. The Balaban J connectivity index is 0.573. The number of fused-ring (bicyclic) bond motifs is 14. The van der Waals surface area contributed by atoms with Gasteiger partial charge in [-0.3, -0.25) is 9.97 Å². The van der Waals surface area contributed by atoms with Crippen LogP contribution in [0.1, 0.15) is 49.9 Å². The van der Waals surface area contributed by atoms with Gasteiger partial charge in [0.2, 0.25) is 0 Å². The van der Waals surface area contributed by atoms with Crippen molar-refractivity contribution < 1.29 is 0 Å². The van der Waals surface area contributed by atoms with E-state index < -0.39 is 0 Å². The van der Waals surface area contributed by atoms with E-state index >= 15 is 0 Å². The molecule has 0 bridgehead atoms. The zero-order valence-electron chi connectivity index (χ0n) is 71.5. The number of hydrogen-bond donors (Lipinski definition) is 0. The Hall–Kier alpha value is -16.1. The molecule has 2 aliphatic rings. The van der Waals surface area contributed by atoms with Crippen LogP contribution in [0, 0.1) is 0 Å². The molecule has 129 heavy (non-hydrogen) atoms. The molecule has 17 aromatic carbocycles. The third kappa shape index (κ3) is 12.6. The molecule has 2 aliphatic carbocycles. The highest BCUT2D eigenvalue weighted by Crippen LogP contribution is 2.54. The molecule has 0 N–H and O–H groups in total. The van der Waals surface area contributed by atoms with Gasteiger partial charge in [0.1, 0.15) is 5.01 Å². The zero-order valence-corrected chi connectivity index (χ0v) is 72.3. The van der Waals surface area contributed by atoms with Crippen LogP contribution in [0.15, 0.2) is 425 Å². The summed E-state index contributed by atoms with van der Waals surface area (Å²) in [5.41, 5.74) is 43.1. The van der Waals surface area contributed by atoms with E-state index in [-0.39, 0.29) is 10.8 Å². The second-order valence-electron chi connectivity index (χ2n) is 35.6. The lowest BCUT2D eigenvalue weighted by atomic mass is 9.81. The number of aromatic nitrogens is 6. The van der Waals surface area contributed by atoms with Gasteiger partial charge in [-0.1, -0.05) is 313 Å². The van der Waals surface area contributed by atoms with Gasteiger partial charge in [-0.05, 0) is 283 Å². The van der Waals surface area contributed by atoms with E-state index in [0.717, 1.165) is 138 Å². The largest absolute Gasteiger partial charge is 0.309 e. The fourth-order valence-electron chi connectivity index (χ4n) is 21.0. The molecular weight excluding hydrogens is 1580 g/mol. The van der Waals surface area contributed by atoms with Crippen molar-refractivity contribution in [1.29, 1.82) is 0 Å². The topological polar surface area (TPSA) is 61.4 Å². The summed E-state index contributed by atoms with van der Waals surface area (Å²) in [4.78, 5) is 20.1. The monoisotopic (exact) mass is 1660 g/mol. The number of benzene rings is 17. The van der Waals surface area contributed by atoms with Gasteiger partial charge >= 0.3 is 0 Å². The van der Waals surface area contributed by atoms with Crippen molar-refractivity contribution in [3.05, 3.63) is 447 Å². The predicted molar refractivity (Wildman–Crippen MR) is 540 cm³/mol. The standard InChI is InChI=1S/C122H82N6S/c1-121(2)104-35-14-12-31-98(104)100-56-50-85(69-106(100)121)81-27-20-28-82(63-81)87-52-58-102-116(74-87)127(92-55-49-76-25-8-9-26-83(76)65-92)114-39-21-33-96(118(102)114)79-45-47-80(48-46-79)120-126-112-71-88(54-60-117(112)129-120)94-29-10-11-30-95(94)91-64-89(75-23-6-5-7-24-75)66-93(67-91)128-113-59-53-84(86-51-57-101-99-32-13-15-36-105(99)122(3,4)107(101)70-86)68-103(113)119-97(34-22-40-115(119)128)78-43-41-77(42-44-78)90-72-110(108-37-16-18-61-123-108)125-111(73-90)109-38-17-19-62-124-109/h5-74H,1-4H3. The van der Waals surface area contributed by atoms with Crippen LogP contribution >= 0.6 is 11.3 Å². The van der Waals surface area contributed by atoms with Crippen molar-refractivity contribution in [2.75, 3.05) is 0 Å². The van der Waals surface area contributed by atoms with Crippen LogP contribution in [-0.2, 0) is 10.8 Å². The van der Waals surface area contributed by atoms with Gasteiger partial charge in [0.05, 0.1) is 55.1 Å². The minimum absolute atomic E-state index is 0.0870. The summed E-state index contributed by atoms with van der Waals surface area (Å²) in [5, 5.41) is 8.18. The molecule has 0 unspecified atom stereocenters. The Labute approximate surface area is 752 Å². The van der Waals surface area contributed by atoms with E-state index in [2.05, 4.69) is 413 Å². The van der Waals surface area contributed by atoms with Gasteiger partial charge in [-0.15, -0.1) is 11.3 Å². The molecule has 7 heteroatoms. The highest BCUT2D eigenvalue weighted by atomic mass is 32.1. The Morgan fingerprint density at radius 3 is 1.33 bits per heavy atom. The van der Waals surface area contributed by atoms with Crippen molar-refractivity contribution in [3.8, 4) is 167 Å². The van der Waals surface area contributed by atoms with E-state index in [4.69, 9.17) is 19.9 Å². The van der Waals surface area contributed by atoms with Gasteiger partial charge in [0.15, 0.2) is 0 Å². The van der Waals surface area contributed by atoms with Gasteiger partial charge in [0, 0.05) is 61.7 Å². The van der Waals surface area contributed by atoms with Gasteiger partial charge in [0.25, 0.3) is 0 Å². The van der Waals surface area contributed by atoms with Gasteiger partial charge in [-0.2, -0.15) is 0 Å². The third-order valence-electron chi connectivity index (χ3n) is 27.5. The molecule has 0 spiro atoms. The van der Waals surface area contributed by atoms with Gasteiger partial charge < -0.3 is 9.13 Å². The molecule has 0 saturated heterocycles. The van der Waals surface area contributed by atoms with Crippen LogP contribution in [0.3, 0.4) is 0 Å². The molecular formula is C122H82N6S. The summed E-state index contributed by atoms with van der Waals surface area (Å²) in [5.74, 6) is 0. The fourth-order valence-corrected chi connectivity index (χ4v) is 22.0. The SMILES string of the molecule is CC1(C)c2ccccc2-c2ccc(-c3cccc(-c4ccc5c6c(-c7ccc(-c8nc9cc(-c%10ccccc%10-c%10cc(-c%11ccccc%11)cc(-n%11c%12ccc(-c%13ccc%14c(c%13)C(C)(C)c%13ccccc%13-%14)cc%12c%12c(-c%13ccc(-c%14cc(-c%15ccccn%15)nc(-c%15ccccn%15)c%14)cc%13)cccc%12%11)c%10)ccc9s8)cc7)cccc6n(-c6ccc7ccccc7c6)c5c4)c3)cc21. The lowest BCUT2D eigenvalue weighted by molar-refractivity contribution is 0.660. The van der Waals surface area contributed by atoms with Crippen LogP contribution in [0.5, 0.6) is 0 Å².